The van der Waals surface area contributed by atoms with Crippen LogP contribution in [0, 0.1) is 19.8 Å². The summed E-state index contributed by atoms with van der Waals surface area (Å²) in [5.74, 6) is -1.02. The number of carbonyl (C=O) groups is 1. The summed E-state index contributed by atoms with van der Waals surface area (Å²) in [5, 5.41) is 20.6. The summed E-state index contributed by atoms with van der Waals surface area (Å²) in [6.07, 6.45) is 0. The van der Waals surface area contributed by atoms with Crippen LogP contribution in [-0.4, -0.2) is 17.1 Å². The first-order chi connectivity index (χ1) is 8.25. The molecule has 4 heteroatoms. The van der Waals surface area contributed by atoms with E-state index < -0.39 is 12.0 Å². The van der Waals surface area contributed by atoms with Crippen molar-refractivity contribution < 1.29 is 20.7 Å². The molecule has 0 aliphatic rings. The molecule has 18 heavy (non-hydrogen) atoms. The molecular formula is C14H21NO3. The molecule has 0 aliphatic heterocycles. The highest BCUT2D eigenvalue weighted by molar-refractivity contribution is 5.71. The van der Waals surface area contributed by atoms with Crippen LogP contribution in [0.25, 0.3) is 0 Å². The van der Waals surface area contributed by atoms with Gasteiger partial charge < -0.3 is 20.7 Å². The van der Waals surface area contributed by atoms with Crippen molar-refractivity contribution in [1.29, 1.82) is 0 Å². The number of hydrogen-bond donors (Lipinski definition) is 2. The highest BCUT2D eigenvalue weighted by atomic mass is 16.4. The summed E-state index contributed by atoms with van der Waals surface area (Å²) >= 11 is 0. The molecule has 2 atom stereocenters. The Morgan fingerprint density at radius 1 is 1.28 bits per heavy atom. The van der Waals surface area contributed by atoms with Gasteiger partial charge in [-0.15, -0.1) is 0 Å². The number of benzene rings is 1. The monoisotopic (exact) mass is 251 g/mol. The van der Waals surface area contributed by atoms with E-state index in [0.29, 0.717) is 0 Å². The fraction of sp³-hybridized carbons (Fsp3) is 0.500. The molecular weight excluding hydrogens is 230 g/mol. The van der Waals surface area contributed by atoms with Crippen LogP contribution in [0.4, 0.5) is 0 Å². The lowest BCUT2D eigenvalue weighted by Crippen LogP contribution is -2.71. The van der Waals surface area contributed by atoms with Gasteiger partial charge >= 0.3 is 0 Å². The predicted octanol–water partition coefficient (Wildman–Crippen LogP) is 0.109. The van der Waals surface area contributed by atoms with Gasteiger partial charge in [-0.1, -0.05) is 13.8 Å². The van der Waals surface area contributed by atoms with Gasteiger partial charge in [0.25, 0.3) is 0 Å². The molecule has 0 saturated carbocycles. The molecule has 0 aliphatic carbocycles. The smallest absolute Gasteiger partial charge is 0.132 e. The number of rotatable bonds is 4. The van der Waals surface area contributed by atoms with Crippen LogP contribution in [0.15, 0.2) is 12.1 Å². The molecule has 0 spiro atoms. The van der Waals surface area contributed by atoms with Gasteiger partial charge in [-0.3, -0.25) is 0 Å². The van der Waals surface area contributed by atoms with Crippen LogP contribution in [0.2, 0.25) is 0 Å². The van der Waals surface area contributed by atoms with Crippen LogP contribution < -0.4 is 10.8 Å². The lowest BCUT2D eigenvalue weighted by atomic mass is 9.78. The summed E-state index contributed by atoms with van der Waals surface area (Å²) in [6, 6.07) is 2.51. The summed E-state index contributed by atoms with van der Waals surface area (Å²) in [5.41, 5.74) is 6.45. The molecule has 100 valence electrons. The number of quaternary nitrogens is 1. The summed E-state index contributed by atoms with van der Waals surface area (Å²) < 4.78 is 0. The first kappa shape index (κ1) is 14.5. The van der Waals surface area contributed by atoms with Crippen LogP contribution in [-0.2, 0) is 4.79 Å². The highest BCUT2D eigenvalue weighted by Gasteiger charge is 2.29. The second-order valence-corrected chi connectivity index (χ2v) is 5.19. The Bertz CT molecular complexity index is 431. The average molecular weight is 251 g/mol. The van der Waals surface area contributed by atoms with Crippen LogP contribution >= 0.6 is 0 Å². The number of carboxylic acid groups (broad SMARTS) is 1. The molecule has 0 unspecified atom stereocenters. The van der Waals surface area contributed by atoms with E-state index in [-0.39, 0.29) is 17.6 Å². The first-order valence-corrected chi connectivity index (χ1v) is 6.09. The molecule has 1 rings (SSSR count). The normalized spacial score (nSPS) is 14.6. The first-order valence-electron chi connectivity index (χ1n) is 6.09. The van der Waals surface area contributed by atoms with E-state index in [1.807, 2.05) is 27.7 Å². The number of carbonyl (C=O) groups excluding carboxylic acids is 1. The van der Waals surface area contributed by atoms with Crippen molar-refractivity contribution in [2.75, 3.05) is 0 Å². The van der Waals surface area contributed by atoms with Gasteiger partial charge in [-0.05, 0) is 48.6 Å². The van der Waals surface area contributed by atoms with Crippen LogP contribution in [0.3, 0.4) is 0 Å². The molecule has 0 saturated heterocycles. The maximum Gasteiger partial charge on any atom is 0.132 e. The Morgan fingerprint density at radius 2 is 1.72 bits per heavy atom. The quantitative estimate of drug-likeness (QED) is 0.796. The Hall–Kier alpha value is -1.55. The number of carboxylic acids is 1. The lowest BCUT2D eigenvalue weighted by Gasteiger charge is -2.28. The van der Waals surface area contributed by atoms with Gasteiger partial charge in [0, 0.05) is 5.92 Å². The molecule has 0 aromatic heterocycles. The number of phenols is 1. The zero-order valence-electron chi connectivity index (χ0n) is 11.4. The average Bonchev–Trinajstić information content (AvgIpc) is 2.21. The van der Waals surface area contributed by atoms with Gasteiger partial charge in [0.15, 0.2) is 0 Å². The van der Waals surface area contributed by atoms with Crippen molar-refractivity contribution >= 4 is 5.97 Å². The molecule has 0 bridgehead atoms. The van der Waals surface area contributed by atoms with E-state index >= 15 is 0 Å². The molecule has 1 aromatic carbocycles. The standard InChI is InChI=1S/C14H21NO3/c1-7(2)11(13(15)14(17)18)12-8(3)5-10(16)6-9(12)4/h5-7,11,13,16H,15H2,1-4H3,(H,17,18)/t11-,13+/m0/s1. The van der Waals surface area contributed by atoms with Crippen molar-refractivity contribution in [3.05, 3.63) is 28.8 Å². The predicted molar refractivity (Wildman–Crippen MR) is 66.8 cm³/mol. The second-order valence-electron chi connectivity index (χ2n) is 5.19. The number of phenolic OH excluding ortho intramolecular Hbond substituents is 1. The van der Waals surface area contributed by atoms with Gasteiger partial charge in [0.2, 0.25) is 0 Å². The van der Waals surface area contributed by atoms with Gasteiger partial charge in [0.1, 0.15) is 11.8 Å². The third-order valence-electron chi connectivity index (χ3n) is 3.37. The highest BCUT2D eigenvalue weighted by Crippen LogP contribution is 2.33. The third-order valence-corrected chi connectivity index (χ3v) is 3.37. The Kier molecular flexibility index (Phi) is 4.35. The van der Waals surface area contributed by atoms with Crippen molar-refractivity contribution in [3.63, 3.8) is 0 Å². The van der Waals surface area contributed by atoms with E-state index in [4.69, 9.17) is 0 Å². The summed E-state index contributed by atoms with van der Waals surface area (Å²) in [4.78, 5) is 11.1. The fourth-order valence-corrected chi connectivity index (χ4v) is 2.62. The molecule has 4 N–H and O–H groups in total. The zero-order chi connectivity index (χ0) is 14.0. The molecule has 0 heterocycles. The van der Waals surface area contributed by atoms with Crippen molar-refractivity contribution in [2.24, 2.45) is 5.92 Å². The third kappa shape index (κ3) is 2.82. The lowest BCUT2D eigenvalue weighted by molar-refractivity contribution is -0.444. The summed E-state index contributed by atoms with van der Waals surface area (Å²) in [7, 11) is 0. The van der Waals surface area contributed by atoms with Crippen molar-refractivity contribution in [1.82, 2.24) is 0 Å². The van der Waals surface area contributed by atoms with Gasteiger partial charge in [-0.2, -0.15) is 0 Å². The maximum absolute atomic E-state index is 11.1. The van der Waals surface area contributed by atoms with E-state index in [9.17, 15) is 15.0 Å². The Labute approximate surface area is 107 Å². The SMILES string of the molecule is Cc1cc(O)cc(C)c1[C@H](C(C)C)[C@@H]([NH3+])C(=O)[O-]. The maximum atomic E-state index is 11.1. The fourth-order valence-electron chi connectivity index (χ4n) is 2.62. The molecule has 0 radical (unpaired) electrons. The van der Waals surface area contributed by atoms with E-state index in [1.165, 1.54) is 0 Å². The van der Waals surface area contributed by atoms with Gasteiger partial charge in [-0.25, -0.2) is 0 Å². The molecule has 4 nitrogen and oxygen atoms in total. The minimum Gasteiger partial charge on any atom is -0.544 e. The van der Waals surface area contributed by atoms with Gasteiger partial charge in [0.05, 0.1) is 5.97 Å². The zero-order valence-corrected chi connectivity index (χ0v) is 11.4. The number of hydrogen-bond acceptors (Lipinski definition) is 3. The minimum absolute atomic E-state index is 0.132. The van der Waals surface area contributed by atoms with Crippen molar-refractivity contribution in [3.8, 4) is 5.75 Å². The van der Waals surface area contributed by atoms with Crippen LogP contribution in [0.5, 0.6) is 5.75 Å². The minimum atomic E-state index is -1.14. The molecule has 1 aromatic rings. The molecule has 0 fully saturated rings. The molecule has 0 amide bonds. The summed E-state index contributed by atoms with van der Waals surface area (Å²) in [6.45, 7) is 7.69. The Morgan fingerprint density at radius 3 is 2.06 bits per heavy atom. The largest absolute Gasteiger partial charge is 0.544 e. The number of aliphatic carboxylic acids is 1. The van der Waals surface area contributed by atoms with E-state index in [1.54, 1.807) is 12.1 Å². The second kappa shape index (κ2) is 5.40. The Balaban J connectivity index is 3.35. The van der Waals surface area contributed by atoms with E-state index in [0.717, 1.165) is 16.7 Å². The number of aromatic hydroxyl groups is 1. The van der Waals surface area contributed by atoms with Crippen molar-refractivity contribution in [2.45, 2.75) is 39.7 Å². The number of aryl methyl sites for hydroxylation is 2. The van der Waals surface area contributed by atoms with E-state index in [2.05, 4.69) is 5.73 Å². The van der Waals surface area contributed by atoms with Crippen LogP contribution in [0.1, 0.15) is 36.5 Å². The topological polar surface area (TPSA) is 88.0 Å².